The SMILES string of the molecule is COC(=O)C(Br)CNC(=O)c1cc(F)c(F)c(F)c1. The monoisotopic (exact) mass is 339 g/mol. The predicted molar refractivity (Wildman–Crippen MR) is 63.4 cm³/mol. The van der Waals surface area contributed by atoms with Gasteiger partial charge in [0, 0.05) is 12.1 Å². The molecule has 0 aliphatic rings. The molecule has 1 aromatic carbocycles. The second-order valence-corrected chi connectivity index (χ2v) is 4.56. The van der Waals surface area contributed by atoms with Gasteiger partial charge in [0.05, 0.1) is 7.11 Å². The summed E-state index contributed by atoms with van der Waals surface area (Å²) >= 11 is 2.95. The zero-order chi connectivity index (χ0) is 14.6. The molecule has 0 radical (unpaired) electrons. The number of hydrogen-bond acceptors (Lipinski definition) is 3. The van der Waals surface area contributed by atoms with Crippen molar-refractivity contribution in [2.75, 3.05) is 13.7 Å². The van der Waals surface area contributed by atoms with Crippen molar-refractivity contribution in [3.63, 3.8) is 0 Å². The molecule has 1 N–H and O–H groups in total. The number of carbonyl (C=O) groups excluding carboxylic acids is 2. The first kappa shape index (κ1) is 15.5. The number of alkyl halides is 1. The summed E-state index contributed by atoms with van der Waals surface area (Å²) in [5, 5.41) is 2.25. The Kier molecular flexibility index (Phi) is 5.34. The minimum absolute atomic E-state index is 0.147. The molecule has 0 bridgehead atoms. The molecule has 19 heavy (non-hydrogen) atoms. The van der Waals surface area contributed by atoms with E-state index in [0.29, 0.717) is 12.1 Å². The zero-order valence-electron chi connectivity index (χ0n) is 9.68. The molecule has 104 valence electrons. The number of benzene rings is 1. The van der Waals surface area contributed by atoms with Crippen LogP contribution in [0.25, 0.3) is 0 Å². The minimum atomic E-state index is -1.65. The van der Waals surface area contributed by atoms with Crippen molar-refractivity contribution in [3.05, 3.63) is 35.1 Å². The molecule has 0 saturated carbocycles. The topological polar surface area (TPSA) is 55.4 Å². The number of hydrogen-bond donors (Lipinski definition) is 1. The van der Waals surface area contributed by atoms with Crippen LogP contribution in [0.4, 0.5) is 13.2 Å². The molecule has 1 rings (SSSR count). The van der Waals surface area contributed by atoms with E-state index in [0.717, 1.165) is 0 Å². The molecule has 0 aliphatic heterocycles. The van der Waals surface area contributed by atoms with Gasteiger partial charge in [-0.15, -0.1) is 0 Å². The first-order valence-electron chi connectivity index (χ1n) is 5.01. The number of methoxy groups -OCH3 is 1. The van der Waals surface area contributed by atoms with Crippen LogP contribution < -0.4 is 5.32 Å². The summed E-state index contributed by atoms with van der Waals surface area (Å²) in [4.78, 5) is 21.8. The van der Waals surface area contributed by atoms with Crippen LogP contribution in [0, 0.1) is 17.5 Å². The van der Waals surface area contributed by atoms with Gasteiger partial charge in [0.25, 0.3) is 5.91 Å². The molecule has 0 fully saturated rings. The average molecular weight is 340 g/mol. The summed E-state index contributed by atoms with van der Waals surface area (Å²) in [5.41, 5.74) is -0.388. The third kappa shape index (κ3) is 3.95. The highest BCUT2D eigenvalue weighted by Crippen LogP contribution is 2.13. The number of amides is 1. The number of esters is 1. The Labute approximate surface area is 115 Å². The third-order valence-electron chi connectivity index (χ3n) is 2.14. The lowest BCUT2D eigenvalue weighted by molar-refractivity contribution is -0.139. The second-order valence-electron chi connectivity index (χ2n) is 3.45. The van der Waals surface area contributed by atoms with Gasteiger partial charge < -0.3 is 10.1 Å². The van der Waals surface area contributed by atoms with Crippen LogP contribution in [-0.2, 0) is 9.53 Å². The van der Waals surface area contributed by atoms with Crippen LogP contribution >= 0.6 is 15.9 Å². The first-order valence-corrected chi connectivity index (χ1v) is 5.93. The van der Waals surface area contributed by atoms with E-state index in [-0.39, 0.29) is 12.1 Å². The van der Waals surface area contributed by atoms with Gasteiger partial charge in [-0.2, -0.15) is 0 Å². The molecule has 0 aliphatic carbocycles. The lowest BCUT2D eigenvalue weighted by Crippen LogP contribution is -2.34. The van der Waals surface area contributed by atoms with E-state index < -0.39 is 34.2 Å². The van der Waals surface area contributed by atoms with Gasteiger partial charge in [0.2, 0.25) is 0 Å². The molecule has 1 unspecified atom stereocenters. The smallest absolute Gasteiger partial charge is 0.321 e. The van der Waals surface area contributed by atoms with E-state index in [1.165, 1.54) is 7.11 Å². The maximum absolute atomic E-state index is 12.9. The maximum Gasteiger partial charge on any atom is 0.321 e. The Morgan fingerprint density at radius 2 is 1.84 bits per heavy atom. The lowest BCUT2D eigenvalue weighted by Gasteiger charge is -2.09. The first-order chi connectivity index (χ1) is 8.86. The van der Waals surface area contributed by atoms with E-state index in [4.69, 9.17) is 0 Å². The minimum Gasteiger partial charge on any atom is -0.468 e. The fraction of sp³-hybridized carbons (Fsp3) is 0.273. The van der Waals surface area contributed by atoms with Crippen molar-refractivity contribution in [3.8, 4) is 0 Å². The van der Waals surface area contributed by atoms with Crippen molar-refractivity contribution in [2.45, 2.75) is 4.83 Å². The van der Waals surface area contributed by atoms with Gasteiger partial charge in [-0.05, 0) is 12.1 Å². The van der Waals surface area contributed by atoms with Crippen molar-refractivity contribution in [1.29, 1.82) is 0 Å². The van der Waals surface area contributed by atoms with Crippen LogP contribution in [0.2, 0.25) is 0 Å². The molecule has 1 atom stereocenters. The van der Waals surface area contributed by atoms with Gasteiger partial charge in [0.15, 0.2) is 17.5 Å². The van der Waals surface area contributed by atoms with E-state index >= 15 is 0 Å². The highest BCUT2D eigenvalue weighted by Gasteiger charge is 2.18. The lowest BCUT2D eigenvalue weighted by atomic mass is 10.2. The van der Waals surface area contributed by atoms with Crippen molar-refractivity contribution in [1.82, 2.24) is 5.32 Å². The summed E-state index contributed by atoms with van der Waals surface area (Å²) in [6.07, 6.45) is 0. The average Bonchev–Trinajstić information content (AvgIpc) is 2.39. The van der Waals surface area contributed by atoms with E-state index in [1.54, 1.807) is 0 Å². The standard InChI is InChI=1S/C11H9BrF3NO3/c1-19-11(18)6(12)4-16-10(17)5-2-7(13)9(15)8(14)3-5/h2-3,6H,4H2,1H3,(H,16,17). The van der Waals surface area contributed by atoms with E-state index in [1.807, 2.05) is 0 Å². The van der Waals surface area contributed by atoms with Gasteiger partial charge in [-0.3, -0.25) is 9.59 Å². The molecule has 0 spiro atoms. The number of carbonyl (C=O) groups is 2. The fourth-order valence-corrected chi connectivity index (χ4v) is 1.53. The number of nitrogens with one attached hydrogen (secondary N) is 1. The second kappa shape index (κ2) is 6.55. The molecule has 0 aromatic heterocycles. The molecule has 1 aromatic rings. The molecule has 1 amide bonds. The van der Waals surface area contributed by atoms with Crippen LogP contribution in [-0.4, -0.2) is 30.4 Å². The Hall–Kier alpha value is -1.57. The van der Waals surface area contributed by atoms with E-state index in [2.05, 4.69) is 26.0 Å². The number of halogens is 4. The van der Waals surface area contributed by atoms with Gasteiger partial charge in [-0.1, -0.05) is 15.9 Å². The molecular weight excluding hydrogens is 331 g/mol. The van der Waals surface area contributed by atoms with Gasteiger partial charge >= 0.3 is 5.97 Å². The van der Waals surface area contributed by atoms with Crippen LogP contribution in [0.15, 0.2) is 12.1 Å². The largest absolute Gasteiger partial charge is 0.468 e. The molecule has 0 heterocycles. The quantitative estimate of drug-likeness (QED) is 0.516. The van der Waals surface area contributed by atoms with Gasteiger partial charge in [0.1, 0.15) is 4.83 Å². The summed E-state index contributed by atoms with van der Waals surface area (Å²) in [5.74, 6) is -6.03. The fourth-order valence-electron chi connectivity index (χ4n) is 1.18. The summed E-state index contributed by atoms with van der Waals surface area (Å²) in [6, 6.07) is 1.13. The summed E-state index contributed by atoms with van der Waals surface area (Å²) < 4.78 is 42.9. The molecule has 0 saturated heterocycles. The maximum atomic E-state index is 12.9. The number of rotatable bonds is 4. The molecule has 8 heteroatoms. The van der Waals surface area contributed by atoms with Crippen molar-refractivity contribution >= 4 is 27.8 Å². The van der Waals surface area contributed by atoms with Crippen molar-refractivity contribution in [2.24, 2.45) is 0 Å². The normalized spacial score (nSPS) is 11.8. The molecule has 4 nitrogen and oxygen atoms in total. The molecular formula is C11H9BrF3NO3. The van der Waals surface area contributed by atoms with Crippen LogP contribution in [0.5, 0.6) is 0 Å². The predicted octanol–water partition coefficient (Wildman–Crippen LogP) is 1.77. The summed E-state index contributed by atoms with van der Waals surface area (Å²) in [7, 11) is 1.17. The number of ether oxygens (including phenoxy) is 1. The Bertz CT molecular complexity index is 487. The van der Waals surface area contributed by atoms with Gasteiger partial charge in [-0.25, -0.2) is 13.2 Å². The summed E-state index contributed by atoms with van der Waals surface area (Å²) in [6.45, 7) is -0.147. The Morgan fingerprint density at radius 3 is 2.32 bits per heavy atom. The highest BCUT2D eigenvalue weighted by molar-refractivity contribution is 9.10. The Morgan fingerprint density at radius 1 is 1.32 bits per heavy atom. The van der Waals surface area contributed by atoms with Crippen molar-refractivity contribution < 1.29 is 27.5 Å². The highest BCUT2D eigenvalue weighted by atomic mass is 79.9. The van der Waals surface area contributed by atoms with E-state index in [9.17, 15) is 22.8 Å². The third-order valence-corrected chi connectivity index (χ3v) is 2.84. The van der Waals surface area contributed by atoms with Crippen LogP contribution in [0.1, 0.15) is 10.4 Å². The van der Waals surface area contributed by atoms with Crippen LogP contribution in [0.3, 0.4) is 0 Å². The Balaban J connectivity index is 2.72. The zero-order valence-corrected chi connectivity index (χ0v) is 11.3.